The number of carbonyl (C=O) groups excluding carboxylic acids is 3. The highest BCUT2D eigenvalue weighted by molar-refractivity contribution is 8.15. The van der Waals surface area contributed by atoms with Gasteiger partial charge in [-0.2, -0.15) is 0 Å². The molecule has 194 valence electrons. The summed E-state index contributed by atoms with van der Waals surface area (Å²) in [6, 6.07) is 14.4. The van der Waals surface area contributed by atoms with Crippen LogP contribution in [0.5, 0.6) is 0 Å². The summed E-state index contributed by atoms with van der Waals surface area (Å²) >= 11 is 1.24. The second-order valence-electron chi connectivity index (χ2n) is 9.02. The molecular formula is C28H33N5O3S. The van der Waals surface area contributed by atoms with E-state index in [1.54, 1.807) is 0 Å². The second kappa shape index (κ2) is 12.2. The SMILES string of the molecule is CCCCNC(=O)CC1N=C2c3ccccc3N=C(SC(CC)C(=O)Nc3ccc(CC)cc3)N2C1=O. The van der Waals surface area contributed by atoms with Gasteiger partial charge in [-0.25, -0.2) is 9.89 Å². The zero-order valence-electron chi connectivity index (χ0n) is 21.5. The molecule has 2 heterocycles. The van der Waals surface area contributed by atoms with E-state index < -0.39 is 11.3 Å². The molecule has 2 aliphatic heterocycles. The van der Waals surface area contributed by atoms with Crippen LogP contribution in [0.2, 0.25) is 0 Å². The number of hydrogen-bond acceptors (Lipinski definition) is 6. The zero-order chi connectivity index (χ0) is 26.4. The molecule has 3 amide bonds. The topological polar surface area (TPSA) is 103 Å². The fraction of sp³-hybridized carbons (Fsp3) is 0.393. The predicted molar refractivity (Wildman–Crippen MR) is 149 cm³/mol. The van der Waals surface area contributed by atoms with Crippen LogP contribution in [0, 0.1) is 0 Å². The quantitative estimate of drug-likeness (QED) is 0.446. The van der Waals surface area contributed by atoms with Crippen molar-refractivity contribution in [2.45, 2.75) is 64.2 Å². The molecule has 2 aliphatic rings. The molecule has 37 heavy (non-hydrogen) atoms. The summed E-state index contributed by atoms with van der Waals surface area (Å²) in [4.78, 5) is 49.9. The summed E-state index contributed by atoms with van der Waals surface area (Å²) in [5.41, 5.74) is 3.35. The number of fused-ring (bicyclic) bond motifs is 3. The lowest BCUT2D eigenvalue weighted by Gasteiger charge is -2.27. The van der Waals surface area contributed by atoms with Crippen molar-refractivity contribution < 1.29 is 14.4 Å². The lowest BCUT2D eigenvalue weighted by molar-refractivity contribution is -0.128. The van der Waals surface area contributed by atoms with Crippen molar-refractivity contribution in [2.24, 2.45) is 9.98 Å². The van der Waals surface area contributed by atoms with E-state index >= 15 is 0 Å². The molecule has 2 aromatic carbocycles. The third kappa shape index (κ3) is 6.10. The highest BCUT2D eigenvalue weighted by Gasteiger charge is 2.43. The van der Waals surface area contributed by atoms with Crippen molar-refractivity contribution >= 4 is 51.9 Å². The first kappa shape index (κ1) is 26.6. The van der Waals surface area contributed by atoms with Crippen LogP contribution in [-0.2, 0) is 20.8 Å². The standard InChI is InChI=1S/C28H33N5O3S/c1-4-7-16-29-24(34)17-22-27(36)33-25(31-22)20-10-8-9-11-21(20)32-28(33)37-23(6-3)26(35)30-19-14-12-18(5-2)13-15-19/h8-15,22-23H,4-7,16-17H2,1-3H3,(H,29,34)(H,30,35). The molecule has 0 aliphatic carbocycles. The Morgan fingerprint density at radius 3 is 2.54 bits per heavy atom. The number of aryl methyl sites for hydroxylation is 1. The molecule has 0 saturated heterocycles. The van der Waals surface area contributed by atoms with Gasteiger partial charge in [-0.1, -0.05) is 63.2 Å². The molecular weight excluding hydrogens is 486 g/mol. The third-order valence-electron chi connectivity index (χ3n) is 6.32. The Hall–Kier alpha value is -3.46. The van der Waals surface area contributed by atoms with E-state index in [0.29, 0.717) is 29.7 Å². The van der Waals surface area contributed by atoms with E-state index in [9.17, 15) is 14.4 Å². The number of hydrogen-bond donors (Lipinski definition) is 2. The monoisotopic (exact) mass is 519 g/mol. The Labute approximate surface area is 222 Å². The molecule has 2 atom stereocenters. The normalized spacial score (nSPS) is 16.9. The first-order valence-electron chi connectivity index (χ1n) is 12.9. The number of nitrogens with zero attached hydrogens (tertiary/aromatic N) is 3. The minimum atomic E-state index is -0.820. The maximum Gasteiger partial charge on any atom is 0.259 e. The molecule has 0 fully saturated rings. The van der Waals surface area contributed by atoms with Crippen LogP contribution in [0.15, 0.2) is 58.5 Å². The summed E-state index contributed by atoms with van der Waals surface area (Å²) in [5.74, 6) is -0.174. The second-order valence-corrected chi connectivity index (χ2v) is 10.2. The fourth-order valence-corrected chi connectivity index (χ4v) is 5.18. The van der Waals surface area contributed by atoms with Crippen LogP contribution in [0.3, 0.4) is 0 Å². The van der Waals surface area contributed by atoms with E-state index in [2.05, 4.69) is 29.5 Å². The molecule has 0 spiro atoms. The van der Waals surface area contributed by atoms with Crippen LogP contribution >= 0.6 is 11.8 Å². The third-order valence-corrected chi connectivity index (χ3v) is 7.64. The number of anilines is 1. The highest BCUT2D eigenvalue weighted by Crippen LogP contribution is 2.35. The molecule has 0 saturated carbocycles. The fourth-order valence-electron chi connectivity index (χ4n) is 4.16. The number of para-hydroxylation sites is 1. The molecule has 0 radical (unpaired) electrons. The molecule has 2 unspecified atom stereocenters. The van der Waals surface area contributed by atoms with Crippen molar-refractivity contribution in [3.8, 4) is 0 Å². The lowest BCUT2D eigenvalue weighted by Crippen LogP contribution is -2.43. The number of aliphatic imine (C=N–C) groups is 2. The average Bonchev–Trinajstić information content (AvgIpc) is 3.23. The van der Waals surface area contributed by atoms with Crippen LogP contribution in [0.4, 0.5) is 11.4 Å². The van der Waals surface area contributed by atoms with E-state index in [1.807, 2.05) is 55.5 Å². The zero-order valence-corrected chi connectivity index (χ0v) is 22.3. The van der Waals surface area contributed by atoms with Crippen molar-refractivity contribution in [2.75, 3.05) is 11.9 Å². The molecule has 2 aromatic rings. The van der Waals surface area contributed by atoms with Gasteiger partial charge in [0, 0.05) is 17.8 Å². The largest absolute Gasteiger partial charge is 0.356 e. The Morgan fingerprint density at radius 2 is 1.84 bits per heavy atom. The van der Waals surface area contributed by atoms with Gasteiger partial charge < -0.3 is 10.6 Å². The summed E-state index contributed by atoms with van der Waals surface area (Å²) in [6.45, 7) is 6.65. The predicted octanol–water partition coefficient (Wildman–Crippen LogP) is 4.66. The molecule has 9 heteroatoms. The highest BCUT2D eigenvalue weighted by atomic mass is 32.2. The van der Waals surface area contributed by atoms with Gasteiger partial charge in [0.2, 0.25) is 11.8 Å². The molecule has 8 nitrogen and oxygen atoms in total. The first-order valence-corrected chi connectivity index (χ1v) is 13.8. The summed E-state index contributed by atoms with van der Waals surface area (Å²) in [7, 11) is 0. The van der Waals surface area contributed by atoms with E-state index in [1.165, 1.54) is 22.2 Å². The van der Waals surface area contributed by atoms with E-state index in [0.717, 1.165) is 30.5 Å². The number of amides is 3. The number of nitrogens with one attached hydrogen (secondary N) is 2. The maximum absolute atomic E-state index is 13.5. The van der Waals surface area contributed by atoms with Gasteiger partial charge in [0.25, 0.3) is 5.91 Å². The molecule has 2 N–H and O–H groups in total. The van der Waals surface area contributed by atoms with Gasteiger partial charge in [-0.3, -0.25) is 19.4 Å². The maximum atomic E-state index is 13.5. The molecule has 0 bridgehead atoms. The Morgan fingerprint density at radius 1 is 1.08 bits per heavy atom. The number of thioether (sulfide) groups is 1. The number of rotatable bonds is 10. The van der Waals surface area contributed by atoms with Gasteiger partial charge in [0.1, 0.15) is 11.9 Å². The molecule has 0 aromatic heterocycles. The van der Waals surface area contributed by atoms with Crippen molar-refractivity contribution in [3.63, 3.8) is 0 Å². The van der Waals surface area contributed by atoms with Crippen LogP contribution in [0.25, 0.3) is 0 Å². The minimum Gasteiger partial charge on any atom is -0.356 e. The number of carbonyl (C=O) groups is 3. The number of benzene rings is 2. The van der Waals surface area contributed by atoms with Gasteiger partial charge in [0.15, 0.2) is 5.17 Å². The Kier molecular flexibility index (Phi) is 8.76. The summed E-state index contributed by atoms with van der Waals surface area (Å²) < 4.78 is 0. The first-order chi connectivity index (χ1) is 17.9. The smallest absolute Gasteiger partial charge is 0.259 e. The summed E-state index contributed by atoms with van der Waals surface area (Å²) in [5, 5.41) is 5.77. The van der Waals surface area contributed by atoms with Gasteiger partial charge in [-0.15, -0.1) is 0 Å². The van der Waals surface area contributed by atoms with Gasteiger partial charge in [-0.05, 0) is 49.1 Å². The van der Waals surface area contributed by atoms with Crippen LogP contribution < -0.4 is 10.6 Å². The number of unbranched alkanes of at least 4 members (excludes halogenated alkanes) is 1. The van der Waals surface area contributed by atoms with Gasteiger partial charge >= 0.3 is 0 Å². The lowest BCUT2D eigenvalue weighted by atomic mass is 10.1. The Balaban J connectivity index is 1.54. The van der Waals surface area contributed by atoms with E-state index in [-0.39, 0.29) is 24.1 Å². The van der Waals surface area contributed by atoms with Crippen molar-refractivity contribution in [1.82, 2.24) is 10.2 Å². The van der Waals surface area contributed by atoms with Crippen molar-refractivity contribution in [3.05, 3.63) is 59.7 Å². The van der Waals surface area contributed by atoms with Crippen LogP contribution in [0.1, 0.15) is 57.6 Å². The van der Waals surface area contributed by atoms with Crippen LogP contribution in [-0.4, -0.2) is 51.5 Å². The van der Waals surface area contributed by atoms with Gasteiger partial charge in [0.05, 0.1) is 17.4 Å². The average molecular weight is 520 g/mol. The van der Waals surface area contributed by atoms with E-state index in [4.69, 9.17) is 4.99 Å². The molecule has 4 rings (SSSR count). The number of amidine groups is 2. The summed E-state index contributed by atoms with van der Waals surface area (Å²) in [6.07, 6.45) is 3.31. The minimum absolute atomic E-state index is 0.0197. The van der Waals surface area contributed by atoms with Crippen molar-refractivity contribution in [1.29, 1.82) is 0 Å². The Bertz CT molecular complexity index is 1220.